The summed E-state index contributed by atoms with van der Waals surface area (Å²) in [7, 11) is 0. The zero-order valence-electron chi connectivity index (χ0n) is 16.3. The molecule has 2 aromatic heterocycles. The standard InChI is InChI=1S/C25H15BrO5/c1-14-10-22-17(12-21(14)31-25(28)16-7-3-4-8-19(16)26)18(13-24(27)30-22)23-11-15-6-2-5-9-20(15)29-23/h2-13H,1H3. The van der Waals surface area contributed by atoms with Crippen molar-refractivity contribution in [1.29, 1.82) is 0 Å². The molecule has 0 atom stereocenters. The van der Waals surface area contributed by atoms with E-state index < -0.39 is 11.6 Å². The van der Waals surface area contributed by atoms with E-state index in [-0.39, 0.29) is 0 Å². The lowest BCUT2D eigenvalue weighted by atomic mass is 10.0. The van der Waals surface area contributed by atoms with Crippen molar-refractivity contribution in [2.75, 3.05) is 0 Å². The van der Waals surface area contributed by atoms with Crippen molar-refractivity contribution in [3.05, 3.63) is 98.8 Å². The highest BCUT2D eigenvalue weighted by atomic mass is 79.9. The Bertz CT molecular complexity index is 1490. The van der Waals surface area contributed by atoms with Crippen molar-refractivity contribution < 1.29 is 18.4 Å². The van der Waals surface area contributed by atoms with Crippen LogP contribution in [0.2, 0.25) is 0 Å². The van der Waals surface area contributed by atoms with Crippen molar-refractivity contribution in [3.63, 3.8) is 0 Å². The van der Waals surface area contributed by atoms with Crippen LogP contribution < -0.4 is 10.4 Å². The van der Waals surface area contributed by atoms with Crippen molar-refractivity contribution in [3.8, 4) is 17.1 Å². The van der Waals surface area contributed by atoms with Crippen molar-refractivity contribution in [2.45, 2.75) is 6.92 Å². The summed E-state index contributed by atoms with van der Waals surface area (Å²) in [6.45, 7) is 1.79. The summed E-state index contributed by atoms with van der Waals surface area (Å²) in [5, 5.41) is 1.53. The number of halogens is 1. The van der Waals surface area contributed by atoms with Gasteiger partial charge >= 0.3 is 11.6 Å². The second kappa shape index (κ2) is 7.56. The third-order valence-corrected chi connectivity index (χ3v) is 5.72. The van der Waals surface area contributed by atoms with E-state index in [1.165, 1.54) is 6.07 Å². The number of carbonyl (C=O) groups excluding carboxylic acids is 1. The smallest absolute Gasteiger partial charge is 0.344 e. The van der Waals surface area contributed by atoms with Crippen molar-refractivity contribution in [2.24, 2.45) is 0 Å². The lowest BCUT2D eigenvalue weighted by molar-refractivity contribution is 0.0733. The van der Waals surface area contributed by atoms with Gasteiger partial charge in [0.2, 0.25) is 0 Å². The molecule has 0 aliphatic carbocycles. The lowest BCUT2D eigenvalue weighted by Gasteiger charge is -2.11. The first-order valence-corrected chi connectivity index (χ1v) is 10.3. The van der Waals surface area contributed by atoms with Crippen LogP contribution in [-0.2, 0) is 0 Å². The minimum atomic E-state index is -0.488. The van der Waals surface area contributed by atoms with Crippen LogP contribution in [0.15, 0.2) is 90.9 Å². The summed E-state index contributed by atoms with van der Waals surface area (Å²) in [6, 6.07) is 21.3. The number of hydrogen-bond donors (Lipinski definition) is 0. The number of aryl methyl sites for hydroxylation is 1. The fraction of sp³-hybridized carbons (Fsp3) is 0.0400. The van der Waals surface area contributed by atoms with Crippen molar-refractivity contribution >= 4 is 43.8 Å². The molecule has 2 heterocycles. The van der Waals surface area contributed by atoms with Crippen LogP contribution in [0.3, 0.4) is 0 Å². The van der Waals surface area contributed by atoms with Gasteiger partial charge in [-0.1, -0.05) is 30.3 Å². The maximum absolute atomic E-state index is 12.7. The number of benzene rings is 3. The monoisotopic (exact) mass is 474 g/mol. The Morgan fingerprint density at radius 2 is 1.68 bits per heavy atom. The highest BCUT2D eigenvalue weighted by Gasteiger charge is 2.18. The van der Waals surface area contributed by atoms with E-state index in [9.17, 15) is 9.59 Å². The van der Waals surface area contributed by atoms with Crippen LogP contribution in [0.4, 0.5) is 0 Å². The molecule has 0 bridgehead atoms. The molecule has 0 amide bonds. The maximum atomic E-state index is 12.7. The van der Waals surface area contributed by atoms with Crippen LogP contribution in [-0.4, -0.2) is 5.97 Å². The van der Waals surface area contributed by atoms with Crippen LogP contribution in [0, 0.1) is 6.92 Å². The first-order valence-electron chi connectivity index (χ1n) is 9.54. The van der Waals surface area contributed by atoms with Gasteiger partial charge < -0.3 is 13.6 Å². The van der Waals surface area contributed by atoms with Gasteiger partial charge in [0.25, 0.3) is 0 Å². The topological polar surface area (TPSA) is 69.7 Å². The summed E-state index contributed by atoms with van der Waals surface area (Å²) >= 11 is 3.37. The Labute approximate surface area is 185 Å². The molecule has 152 valence electrons. The summed E-state index contributed by atoms with van der Waals surface area (Å²) in [4.78, 5) is 24.9. The van der Waals surface area contributed by atoms with Gasteiger partial charge in [0.1, 0.15) is 22.7 Å². The molecule has 0 radical (unpaired) electrons. The number of fused-ring (bicyclic) bond motifs is 2. The summed E-state index contributed by atoms with van der Waals surface area (Å²) in [5.41, 5.74) is 2.27. The fourth-order valence-corrected chi connectivity index (χ4v) is 3.95. The van der Waals surface area contributed by atoms with Crippen LogP contribution in [0.1, 0.15) is 15.9 Å². The second-order valence-corrected chi connectivity index (χ2v) is 7.97. The van der Waals surface area contributed by atoms with E-state index in [2.05, 4.69) is 15.9 Å². The molecule has 0 aliphatic heterocycles. The Morgan fingerprint density at radius 1 is 0.903 bits per heavy atom. The molecule has 5 aromatic rings. The van der Waals surface area contributed by atoms with Gasteiger partial charge in [-0.3, -0.25) is 0 Å². The molecule has 6 heteroatoms. The molecule has 0 spiro atoms. The van der Waals surface area contributed by atoms with Gasteiger partial charge in [0, 0.05) is 26.9 Å². The molecule has 5 rings (SSSR count). The Hall–Kier alpha value is -3.64. The Morgan fingerprint density at radius 3 is 2.48 bits per heavy atom. The predicted molar refractivity (Wildman–Crippen MR) is 122 cm³/mol. The van der Waals surface area contributed by atoms with Gasteiger partial charge in [-0.15, -0.1) is 0 Å². The van der Waals surface area contributed by atoms with Gasteiger partial charge in [-0.05, 0) is 64.8 Å². The van der Waals surface area contributed by atoms with Crippen LogP contribution in [0.25, 0.3) is 33.3 Å². The summed E-state index contributed by atoms with van der Waals surface area (Å²) < 4.78 is 17.7. The number of hydrogen-bond acceptors (Lipinski definition) is 5. The van der Waals surface area contributed by atoms with E-state index >= 15 is 0 Å². The third kappa shape index (κ3) is 3.55. The average molecular weight is 475 g/mol. The first-order chi connectivity index (χ1) is 15.0. The highest BCUT2D eigenvalue weighted by Crippen LogP contribution is 2.35. The van der Waals surface area contributed by atoms with Gasteiger partial charge in [-0.2, -0.15) is 0 Å². The van der Waals surface area contributed by atoms with Gasteiger partial charge in [0.15, 0.2) is 0 Å². The second-order valence-electron chi connectivity index (χ2n) is 7.11. The number of rotatable bonds is 3. The fourth-order valence-electron chi connectivity index (χ4n) is 3.50. The van der Waals surface area contributed by atoms with E-state index in [1.807, 2.05) is 36.4 Å². The molecule has 0 N–H and O–H groups in total. The molecule has 0 unspecified atom stereocenters. The SMILES string of the molecule is Cc1cc2oc(=O)cc(-c3cc4ccccc4o3)c2cc1OC(=O)c1ccccc1Br. The number of carbonyl (C=O) groups is 1. The van der Waals surface area contributed by atoms with E-state index in [4.69, 9.17) is 13.6 Å². The molecule has 5 nitrogen and oxygen atoms in total. The normalized spacial score (nSPS) is 11.2. The van der Waals surface area contributed by atoms with Gasteiger partial charge in [0.05, 0.1) is 5.56 Å². The third-order valence-electron chi connectivity index (χ3n) is 5.03. The average Bonchev–Trinajstić information content (AvgIpc) is 3.18. The number of para-hydroxylation sites is 1. The zero-order valence-corrected chi connectivity index (χ0v) is 17.9. The molecule has 31 heavy (non-hydrogen) atoms. The molecular formula is C25H15BrO5. The van der Waals surface area contributed by atoms with Crippen LogP contribution >= 0.6 is 15.9 Å². The predicted octanol–water partition coefficient (Wildman–Crippen LogP) is 6.50. The van der Waals surface area contributed by atoms with Gasteiger partial charge in [-0.25, -0.2) is 9.59 Å². The summed E-state index contributed by atoms with van der Waals surface area (Å²) in [6.07, 6.45) is 0. The molecule has 0 aliphatic rings. The largest absolute Gasteiger partial charge is 0.456 e. The maximum Gasteiger partial charge on any atom is 0.344 e. The molecule has 0 fully saturated rings. The molecular weight excluding hydrogens is 460 g/mol. The molecule has 0 saturated heterocycles. The quantitative estimate of drug-likeness (QED) is 0.169. The molecule has 0 saturated carbocycles. The highest BCUT2D eigenvalue weighted by molar-refractivity contribution is 9.10. The number of furan rings is 1. The zero-order chi connectivity index (χ0) is 21.5. The van der Waals surface area contributed by atoms with Crippen LogP contribution in [0.5, 0.6) is 5.75 Å². The van der Waals surface area contributed by atoms with E-state index in [0.717, 1.165) is 5.39 Å². The number of esters is 1. The van der Waals surface area contributed by atoms with E-state index in [0.29, 0.717) is 49.2 Å². The first kappa shape index (κ1) is 19.3. The minimum absolute atomic E-state index is 0.375. The lowest BCUT2D eigenvalue weighted by Crippen LogP contribution is -2.10. The minimum Gasteiger partial charge on any atom is -0.456 e. The Kier molecular flexibility index (Phi) is 4.71. The Balaban J connectivity index is 1.65. The molecule has 3 aromatic carbocycles. The summed E-state index contributed by atoms with van der Waals surface area (Å²) in [5.74, 6) is 0.420. The van der Waals surface area contributed by atoms with Crippen molar-refractivity contribution in [1.82, 2.24) is 0 Å². The van der Waals surface area contributed by atoms with E-state index in [1.54, 1.807) is 37.3 Å². The number of ether oxygens (including phenoxy) is 1.